The summed E-state index contributed by atoms with van der Waals surface area (Å²) in [7, 11) is 0. The molecule has 0 heterocycles. The van der Waals surface area contributed by atoms with Crippen LogP contribution in [0.3, 0.4) is 0 Å². The number of hydrazone groups is 1. The van der Waals surface area contributed by atoms with Crippen LogP contribution in [-0.4, -0.2) is 24.2 Å². The fourth-order valence-corrected chi connectivity index (χ4v) is 4.10. The number of ether oxygens (including phenoxy) is 3. The maximum absolute atomic E-state index is 12.7. The third kappa shape index (κ3) is 7.16. The van der Waals surface area contributed by atoms with Gasteiger partial charge < -0.3 is 14.2 Å². The van der Waals surface area contributed by atoms with Crippen LogP contribution in [0, 0.1) is 0 Å². The second-order valence-electron chi connectivity index (χ2n) is 9.19. The van der Waals surface area contributed by atoms with Crippen molar-refractivity contribution >= 4 is 28.9 Å². The highest BCUT2D eigenvalue weighted by atomic mass is 16.5. The summed E-state index contributed by atoms with van der Waals surface area (Å²) in [5.74, 6) is 0.621. The standard InChI is InChI=1S/C34H28N2O5/c1-24(40-29-19-17-28(18-20-29)39-23-25-10-4-2-5-11-25)33(37)36-35-22-31-30-15-9-8-12-26(30)16-21-32(31)41-34(38)27-13-6-3-7-14-27/h2-22,24H,23H2,1H3,(H,36,37)/b35-22-/t24-/m0/s1. The zero-order valence-corrected chi connectivity index (χ0v) is 22.4. The van der Waals surface area contributed by atoms with E-state index >= 15 is 0 Å². The number of hydrogen-bond donors (Lipinski definition) is 1. The Hall–Kier alpha value is -5.43. The molecule has 0 aliphatic carbocycles. The zero-order valence-electron chi connectivity index (χ0n) is 22.4. The van der Waals surface area contributed by atoms with Gasteiger partial charge in [0.1, 0.15) is 23.9 Å². The lowest BCUT2D eigenvalue weighted by molar-refractivity contribution is -0.127. The van der Waals surface area contributed by atoms with Crippen LogP contribution in [0.2, 0.25) is 0 Å². The van der Waals surface area contributed by atoms with E-state index in [0.717, 1.165) is 16.3 Å². The number of carbonyl (C=O) groups excluding carboxylic acids is 2. The van der Waals surface area contributed by atoms with Gasteiger partial charge in [-0.25, -0.2) is 10.2 Å². The predicted molar refractivity (Wildman–Crippen MR) is 158 cm³/mol. The Kier molecular flexibility index (Phi) is 8.66. The van der Waals surface area contributed by atoms with Crippen LogP contribution < -0.4 is 19.6 Å². The molecule has 204 valence electrons. The lowest BCUT2D eigenvalue weighted by Crippen LogP contribution is -2.33. The summed E-state index contributed by atoms with van der Waals surface area (Å²) in [6, 6.07) is 36.9. The molecule has 0 saturated carbocycles. The largest absolute Gasteiger partial charge is 0.489 e. The van der Waals surface area contributed by atoms with Crippen molar-refractivity contribution in [3.05, 3.63) is 138 Å². The average Bonchev–Trinajstić information content (AvgIpc) is 3.02. The topological polar surface area (TPSA) is 86.2 Å². The molecule has 0 aliphatic rings. The molecule has 0 saturated heterocycles. The van der Waals surface area contributed by atoms with Crippen molar-refractivity contribution in [1.82, 2.24) is 5.43 Å². The highest BCUT2D eigenvalue weighted by Gasteiger charge is 2.16. The molecule has 7 heteroatoms. The monoisotopic (exact) mass is 544 g/mol. The smallest absolute Gasteiger partial charge is 0.343 e. The third-order valence-corrected chi connectivity index (χ3v) is 6.27. The van der Waals surface area contributed by atoms with Gasteiger partial charge in [-0.1, -0.05) is 78.9 Å². The van der Waals surface area contributed by atoms with Crippen molar-refractivity contribution in [3.8, 4) is 17.2 Å². The fraction of sp³-hybridized carbons (Fsp3) is 0.0882. The second-order valence-corrected chi connectivity index (χ2v) is 9.19. The van der Waals surface area contributed by atoms with Crippen LogP contribution in [0.5, 0.6) is 17.2 Å². The molecule has 0 aliphatic heterocycles. The van der Waals surface area contributed by atoms with Crippen LogP contribution in [0.25, 0.3) is 10.8 Å². The molecule has 7 nitrogen and oxygen atoms in total. The maximum Gasteiger partial charge on any atom is 0.343 e. The van der Waals surface area contributed by atoms with E-state index in [1.807, 2.05) is 66.7 Å². The molecule has 0 bridgehead atoms. The van der Waals surface area contributed by atoms with Crippen LogP contribution in [-0.2, 0) is 11.4 Å². The summed E-state index contributed by atoms with van der Waals surface area (Å²) in [5, 5.41) is 5.91. The summed E-state index contributed by atoms with van der Waals surface area (Å²) < 4.78 is 17.3. The number of hydrogen-bond acceptors (Lipinski definition) is 6. The van der Waals surface area contributed by atoms with Gasteiger partial charge in [-0.05, 0) is 65.7 Å². The van der Waals surface area contributed by atoms with E-state index in [1.165, 1.54) is 6.21 Å². The van der Waals surface area contributed by atoms with E-state index in [0.29, 0.717) is 35.0 Å². The Balaban J connectivity index is 1.22. The maximum atomic E-state index is 12.7. The first kappa shape index (κ1) is 27.1. The lowest BCUT2D eigenvalue weighted by Gasteiger charge is -2.14. The van der Waals surface area contributed by atoms with Crippen LogP contribution in [0.1, 0.15) is 28.4 Å². The second kappa shape index (κ2) is 13.1. The average molecular weight is 545 g/mol. The minimum absolute atomic E-state index is 0.328. The van der Waals surface area contributed by atoms with Gasteiger partial charge in [-0.2, -0.15) is 5.10 Å². The van der Waals surface area contributed by atoms with Crippen molar-refractivity contribution in [1.29, 1.82) is 0 Å². The molecule has 1 atom stereocenters. The van der Waals surface area contributed by atoms with Gasteiger partial charge in [-0.15, -0.1) is 0 Å². The molecule has 5 aromatic rings. The van der Waals surface area contributed by atoms with Crippen LogP contribution in [0.4, 0.5) is 0 Å². The molecule has 0 unspecified atom stereocenters. The Morgan fingerprint density at radius 2 is 1.44 bits per heavy atom. The highest BCUT2D eigenvalue weighted by Crippen LogP contribution is 2.27. The van der Waals surface area contributed by atoms with Gasteiger partial charge >= 0.3 is 5.97 Å². The normalized spacial score (nSPS) is 11.6. The summed E-state index contributed by atoms with van der Waals surface area (Å²) in [6.45, 7) is 2.09. The first-order valence-corrected chi connectivity index (χ1v) is 13.1. The number of benzene rings is 5. The Bertz CT molecular complexity index is 1650. The number of nitrogens with zero attached hydrogens (tertiary/aromatic N) is 1. The van der Waals surface area contributed by atoms with Crippen LogP contribution in [0.15, 0.2) is 126 Å². The third-order valence-electron chi connectivity index (χ3n) is 6.27. The molecule has 5 aromatic carbocycles. The van der Waals surface area contributed by atoms with E-state index < -0.39 is 18.0 Å². The molecule has 41 heavy (non-hydrogen) atoms. The predicted octanol–water partition coefficient (Wildman–Crippen LogP) is 6.56. The van der Waals surface area contributed by atoms with Crippen molar-refractivity contribution in [2.75, 3.05) is 0 Å². The van der Waals surface area contributed by atoms with Gasteiger partial charge in [0, 0.05) is 5.56 Å². The molecular weight excluding hydrogens is 516 g/mol. The molecule has 1 amide bonds. The molecule has 0 spiro atoms. The minimum atomic E-state index is -0.814. The number of esters is 1. The summed E-state index contributed by atoms with van der Waals surface area (Å²) in [6.07, 6.45) is 0.658. The number of carbonyl (C=O) groups is 2. The first-order valence-electron chi connectivity index (χ1n) is 13.1. The fourth-order valence-electron chi connectivity index (χ4n) is 4.10. The molecule has 0 fully saturated rings. The molecule has 0 aromatic heterocycles. The highest BCUT2D eigenvalue weighted by molar-refractivity contribution is 6.04. The van der Waals surface area contributed by atoms with Gasteiger partial charge in [0.2, 0.25) is 0 Å². The minimum Gasteiger partial charge on any atom is -0.489 e. The zero-order chi connectivity index (χ0) is 28.4. The van der Waals surface area contributed by atoms with E-state index in [9.17, 15) is 9.59 Å². The quantitative estimate of drug-likeness (QED) is 0.0932. The van der Waals surface area contributed by atoms with E-state index in [4.69, 9.17) is 14.2 Å². The first-order chi connectivity index (χ1) is 20.1. The van der Waals surface area contributed by atoms with Gasteiger partial charge in [0.15, 0.2) is 6.10 Å². The number of amides is 1. The van der Waals surface area contributed by atoms with Gasteiger partial charge in [0.25, 0.3) is 5.91 Å². The molecule has 0 radical (unpaired) electrons. The molecule has 1 N–H and O–H groups in total. The van der Waals surface area contributed by atoms with E-state index in [-0.39, 0.29) is 0 Å². The van der Waals surface area contributed by atoms with Crippen molar-refractivity contribution in [2.45, 2.75) is 19.6 Å². The summed E-state index contributed by atoms with van der Waals surface area (Å²) in [5.41, 5.74) is 4.58. The van der Waals surface area contributed by atoms with Gasteiger partial charge in [0.05, 0.1) is 11.8 Å². The van der Waals surface area contributed by atoms with Crippen LogP contribution >= 0.6 is 0 Å². The van der Waals surface area contributed by atoms with E-state index in [1.54, 1.807) is 61.5 Å². The molecular formula is C34H28N2O5. The summed E-state index contributed by atoms with van der Waals surface area (Å²) in [4.78, 5) is 25.4. The number of nitrogens with one attached hydrogen (secondary N) is 1. The summed E-state index contributed by atoms with van der Waals surface area (Å²) >= 11 is 0. The number of fused-ring (bicyclic) bond motifs is 1. The van der Waals surface area contributed by atoms with Crippen molar-refractivity contribution in [3.63, 3.8) is 0 Å². The lowest BCUT2D eigenvalue weighted by atomic mass is 10.0. The van der Waals surface area contributed by atoms with Gasteiger partial charge in [-0.3, -0.25) is 4.79 Å². The Labute approximate surface area is 238 Å². The number of rotatable bonds is 10. The molecule has 5 rings (SSSR count). The van der Waals surface area contributed by atoms with E-state index in [2.05, 4.69) is 10.5 Å². The Morgan fingerprint density at radius 1 is 0.780 bits per heavy atom. The SMILES string of the molecule is C[C@H](Oc1ccc(OCc2ccccc2)cc1)C(=O)N/N=C\c1c(OC(=O)c2ccccc2)ccc2ccccc12. The van der Waals surface area contributed by atoms with Crippen molar-refractivity contribution in [2.24, 2.45) is 5.10 Å². The van der Waals surface area contributed by atoms with Crippen molar-refractivity contribution < 1.29 is 23.8 Å². The Morgan fingerprint density at radius 3 is 2.20 bits per heavy atom.